The molecule has 2 amide bonds. The van der Waals surface area contributed by atoms with E-state index >= 15 is 0 Å². The van der Waals surface area contributed by atoms with Gasteiger partial charge in [-0.25, -0.2) is 4.79 Å². The first-order valence-corrected chi connectivity index (χ1v) is 6.21. The molecule has 0 saturated carbocycles. The van der Waals surface area contributed by atoms with Gasteiger partial charge in [0.1, 0.15) is 0 Å². The molecule has 0 bridgehead atoms. The first kappa shape index (κ1) is 16.5. The topological polar surface area (TPSA) is 96.5 Å². The van der Waals surface area contributed by atoms with Gasteiger partial charge in [0.05, 0.1) is 24.0 Å². The normalized spacial score (nSPS) is 9.62. The number of methoxy groups -OCH3 is 1. The van der Waals surface area contributed by atoms with Crippen LogP contribution in [0, 0.1) is 0 Å². The van der Waals surface area contributed by atoms with E-state index < -0.39 is 11.8 Å². The SMILES string of the molecule is [B]C(=O)NCCC(=O)Nc1cc(C(=O)OC)ccc1NC. The molecular weight excluding hydrogens is 273 g/mol. The predicted molar refractivity (Wildman–Crippen MR) is 79.7 cm³/mol. The minimum atomic E-state index is -0.689. The Morgan fingerprint density at radius 1 is 1.24 bits per heavy atom. The fourth-order valence-corrected chi connectivity index (χ4v) is 1.62. The van der Waals surface area contributed by atoms with E-state index in [9.17, 15) is 14.4 Å². The lowest BCUT2D eigenvalue weighted by molar-refractivity contribution is -0.116. The lowest BCUT2D eigenvalue weighted by Gasteiger charge is -2.12. The Kier molecular flexibility index (Phi) is 6.25. The maximum Gasteiger partial charge on any atom is 0.337 e. The number of hydrogen-bond acceptors (Lipinski definition) is 5. The number of benzene rings is 1. The number of nitrogens with one attached hydrogen (secondary N) is 3. The molecule has 2 radical (unpaired) electrons. The molecule has 0 spiro atoms. The Bertz CT molecular complexity index is 548. The second kappa shape index (κ2) is 7.93. The van der Waals surface area contributed by atoms with Crippen LogP contribution in [0.5, 0.6) is 0 Å². The Balaban J connectivity index is 2.77. The molecule has 0 atom stereocenters. The number of anilines is 2. The second-order valence-electron chi connectivity index (χ2n) is 4.09. The molecule has 0 heterocycles. The zero-order chi connectivity index (χ0) is 15.8. The zero-order valence-corrected chi connectivity index (χ0v) is 11.9. The molecule has 0 aliphatic heterocycles. The van der Waals surface area contributed by atoms with Gasteiger partial charge in [0, 0.05) is 20.0 Å². The maximum absolute atomic E-state index is 11.8. The smallest absolute Gasteiger partial charge is 0.337 e. The van der Waals surface area contributed by atoms with Gasteiger partial charge in [-0.3, -0.25) is 9.59 Å². The highest BCUT2D eigenvalue weighted by molar-refractivity contribution is 6.57. The van der Waals surface area contributed by atoms with Crippen molar-refractivity contribution < 1.29 is 19.1 Å². The fraction of sp³-hybridized carbons (Fsp3) is 0.308. The third kappa shape index (κ3) is 5.17. The molecule has 0 saturated heterocycles. The molecule has 7 nitrogen and oxygen atoms in total. The highest BCUT2D eigenvalue weighted by Crippen LogP contribution is 2.23. The van der Waals surface area contributed by atoms with E-state index in [0.29, 0.717) is 16.9 Å². The van der Waals surface area contributed by atoms with Crippen LogP contribution in [-0.2, 0) is 9.53 Å². The molecule has 8 heteroatoms. The van der Waals surface area contributed by atoms with Crippen LogP contribution in [0.1, 0.15) is 16.8 Å². The van der Waals surface area contributed by atoms with Gasteiger partial charge >= 0.3 is 5.97 Å². The summed E-state index contributed by atoms with van der Waals surface area (Å²) in [5, 5.41) is 7.87. The van der Waals surface area contributed by atoms with Crippen molar-refractivity contribution in [2.24, 2.45) is 0 Å². The molecule has 110 valence electrons. The van der Waals surface area contributed by atoms with E-state index in [1.165, 1.54) is 13.2 Å². The van der Waals surface area contributed by atoms with Gasteiger partial charge in [-0.05, 0) is 18.2 Å². The molecule has 0 aliphatic rings. The summed E-state index contributed by atoms with van der Waals surface area (Å²) in [5.41, 5.74) is 1.42. The third-order valence-electron chi connectivity index (χ3n) is 2.64. The van der Waals surface area contributed by atoms with Crippen molar-refractivity contribution in [1.82, 2.24) is 5.32 Å². The molecule has 0 unspecified atom stereocenters. The van der Waals surface area contributed by atoms with E-state index in [1.54, 1.807) is 19.2 Å². The molecule has 3 N–H and O–H groups in total. The quantitative estimate of drug-likeness (QED) is 0.529. The minimum absolute atomic E-state index is 0.0640. The molecule has 0 aromatic heterocycles. The Labute approximate surface area is 123 Å². The standard InChI is InChI=1S/C13H16BN3O4/c1-15-9-4-3-8(12(19)21-2)7-10(9)17-11(18)5-6-16-13(14)20/h3-4,7,15H,5-6H2,1-2H3,(H,16,20)(H,17,18). The molecule has 21 heavy (non-hydrogen) atoms. The van der Waals surface area contributed by atoms with E-state index in [0.717, 1.165) is 0 Å². The number of amides is 2. The molecule has 1 aromatic rings. The number of hydrogen-bond donors (Lipinski definition) is 3. The molecule has 0 fully saturated rings. The summed E-state index contributed by atoms with van der Waals surface area (Å²) in [4.78, 5) is 33.8. The summed E-state index contributed by atoms with van der Waals surface area (Å²) >= 11 is 0. The van der Waals surface area contributed by atoms with Gasteiger partial charge in [-0.15, -0.1) is 0 Å². The summed E-state index contributed by atoms with van der Waals surface area (Å²) < 4.78 is 4.63. The number of esters is 1. The van der Waals surface area contributed by atoms with Gasteiger partial charge in [0.25, 0.3) is 0 Å². The van der Waals surface area contributed by atoms with Crippen LogP contribution in [0.3, 0.4) is 0 Å². The maximum atomic E-state index is 11.8. The average Bonchev–Trinajstić information content (AvgIpc) is 2.45. The first-order chi connectivity index (χ1) is 9.97. The lowest BCUT2D eigenvalue weighted by Crippen LogP contribution is -2.26. The Hall–Kier alpha value is -2.51. The summed E-state index contributed by atoms with van der Waals surface area (Å²) in [6, 6.07) is 4.75. The molecule has 0 aliphatic carbocycles. The number of carbonyl (C=O) groups excluding carboxylic acids is 3. The third-order valence-corrected chi connectivity index (χ3v) is 2.64. The summed E-state index contributed by atoms with van der Waals surface area (Å²) in [6.07, 6.45) is 0.0640. The lowest BCUT2D eigenvalue weighted by atomic mass is 10.1. The van der Waals surface area contributed by atoms with Crippen LogP contribution >= 0.6 is 0 Å². The summed E-state index contributed by atoms with van der Waals surface area (Å²) in [6.45, 7) is 0.132. The van der Waals surface area contributed by atoms with Gasteiger partial charge in [0.2, 0.25) is 5.91 Å². The zero-order valence-electron chi connectivity index (χ0n) is 11.9. The summed E-state index contributed by atoms with van der Waals surface area (Å²) in [7, 11) is 7.87. The van der Waals surface area contributed by atoms with Crippen molar-refractivity contribution >= 4 is 36.9 Å². The van der Waals surface area contributed by atoms with Gasteiger partial charge in [-0.1, -0.05) is 0 Å². The Morgan fingerprint density at radius 3 is 2.52 bits per heavy atom. The van der Waals surface area contributed by atoms with Crippen molar-refractivity contribution in [3.8, 4) is 0 Å². The van der Waals surface area contributed by atoms with Crippen LogP contribution in [-0.4, -0.2) is 46.2 Å². The van der Waals surface area contributed by atoms with Crippen molar-refractivity contribution in [3.05, 3.63) is 23.8 Å². The monoisotopic (exact) mass is 289 g/mol. The van der Waals surface area contributed by atoms with E-state index in [1.807, 2.05) is 0 Å². The van der Waals surface area contributed by atoms with Crippen LogP contribution < -0.4 is 16.0 Å². The van der Waals surface area contributed by atoms with E-state index in [4.69, 9.17) is 7.85 Å². The predicted octanol–water partition coefficient (Wildman–Crippen LogP) is 0.722. The van der Waals surface area contributed by atoms with Crippen molar-refractivity contribution in [1.29, 1.82) is 0 Å². The number of ether oxygens (including phenoxy) is 1. The highest BCUT2D eigenvalue weighted by atomic mass is 16.5. The minimum Gasteiger partial charge on any atom is -0.465 e. The van der Waals surface area contributed by atoms with Crippen LogP contribution in [0.4, 0.5) is 16.2 Å². The Morgan fingerprint density at radius 2 is 1.95 bits per heavy atom. The van der Waals surface area contributed by atoms with Gasteiger partial charge in [0.15, 0.2) is 13.7 Å². The van der Waals surface area contributed by atoms with Crippen molar-refractivity contribution in [2.75, 3.05) is 31.3 Å². The fourth-order valence-electron chi connectivity index (χ4n) is 1.62. The molecular formula is C13H16BN3O4. The van der Waals surface area contributed by atoms with Crippen molar-refractivity contribution in [3.63, 3.8) is 0 Å². The highest BCUT2D eigenvalue weighted by Gasteiger charge is 2.11. The van der Waals surface area contributed by atoms with Gasteiger partial charge < -0.3 is 20.7 Å². The number of rotatable bonds is 6. The van der Waals surface area contributed by atoms with Crippen LogP contribution in [0.2, 0.25) is 0 Å². The first-order valence-electron chi connectivity index (χ1n) is 6.21. The second-order valence-corrected chi connectivity index (χ2v) is 4.09. The van der Waals surface area contributed by atoms with Gasteiger partial charge in [-0.2, -0.15) is 0 Å². The van der Waals surface area contributed by atoms with Crippen molar-refractivity contribution in [2.45, 2.75) is 6.42 Å². The average molecular weight is 289 g/mol. The largest absolute Gasteiger partial charge is 0.465 e. The van der Waals surface area contributed by atoms with E-state index in [2.05, 4.69) is 20.7 Å². The molecule has 1 aromatic carbocycles. The summed E-state index contributed by atoms with van der Waals surface area (Å²) in [5.74, 6) is -1.50. The molecule has 1 rings (SSSR count). The number of carbonyl (C=O) groups is 3. The van der Waals surface area contributed by atoms with E-state index in [-0.39, 0.29) is 18.9 Å². The van der Waals surface area contributed by atoms with Crippen LogP contribution in [0.15, 0.2) is 18.2 Å². The van der Waals surface area contributed by atoms with Crippen LogP contribution in [0.25, 0.3) is 0 Å².